The van der Waals surface area contributed by atoms with Gasteiger partial charge >= 0.3 is 0 Å². The molecule has 2 N–H and O–H groups in total. The van der Waals surface area contributed by atoms with Crippen molar-refractivity contribution in [3.05, 3.63) is 35.5 Å². The Hall–Kier alpha value is -1.36. The minimum absolute atomic E-state index is 0.541. The lowest BCUT2D eigenvalue weighted by Crippen LogP contribution is -2.36. The molecular formula is C21H30N2O2. The van der Waals surface area contributed by atoms with Crippen molar-refractivity contribution in [1.82, 2.24) is 9.88 Å². The van der Waals surface area contributed by atoms with Gasteiger partial charge in [-0.25, -0.2) is 0 Å². The number of nitrogens with one attached hydrogen (secondary N) is 1. The number of nitrogens with zero attached hydrogens (tertiary/aromatic N) is 1. The molecule has 2 saturated heterocycles. The Morgan fingerprint density at radius 2 is 2.16 bits per heavy atom. The Kier molecular flexibility index (Phi) is 4.85. The van der Waals surface area contributed by atoms with E-state index in [1.165, 1.54) is 41.4 Å². The molecule has 2 aliphatic rings. The van der Waals surface area contributed by atoms with Crippen molar-refractivity contribution in [2.24, 2.45) is 0 Å². The number of aliphatic hydroxyl groups is 1. The third-order valence-electron chi connectivity index (χ3n) is 6.26. The van der Waals surface area contributed by atoms with Gasteiger partial charge in [0, 0.05) is 36.4 Å². The van der Waals surface area contributed by atoms with Crippen LogP contribution in [0.3, 0.4) is 0 Å². The molecule has 0 aliphatic carbocycles. The fourth-order valence-electron chi connectivity index (χ4n) is 4.42. The summed E-state index contributed by atoms with van der Waals surface area (Å²) in [5.41, 5.74) is 3.44. The molecule has 2 aliphatic heterocycles. The Morgan fingerprint density at radius 1 is 1.32 bits per heavy atom. The number of benzene rings is 1. The van der Waals surface area contributed by atoms with E-state index >= 15 is 0 Å². The van der Waals surface area contributed by atoms with E-state index in [-0.39, 0.29) is 0 Å². The Morgan fingerprint density at radius 3 is 2.92 bits per heavy atom. The fourth-order valence-corrected chi connectivity index (χ4v) is 4.42. The maximum absolute atomic E-state index is 10.7. The van der Waals surface area contributed by atoms with Crippen LogP contribution >= 0.6 is 0 Å². The quantitative estimate of drug-likeness (QED) is 0.877. The molecule has 2 aromatic rings. The SMILES string of the molecule is CN1CCC[C@@H]1Cc1c[nH]c2ccc(CCC3(O)CCOCC3)cc12. The normalized spacial score (nSPS) is 24.2. The first kappa shape index (κ1) is 17.1. The number of aryl methyl sites for hydroxylation is 1. The van der Waals surface area contributed by atoms with E-state index in [0.29, 0.717) is 19.3 Å². The van der Waals surface area contributed by atoms with E-state index in [0.717, 1.165) is 32.1 Å². The molecule has 1 atom stereocenters. The van der Waals surface area contributed by atoms with Crippen LogP contribution in [0, 0.1) is 0 Å². The Labute approximate surface area is 150 Å². The van der Waals surface area contributed by atoms with Crippen molar-refractivity contribution in [2.45, 2.75) is 56.6 Å². The number of hydrogen-bond acceptors (Lipinski definition) is 3. The molecule has 0 amide bonds. The van der Waals surface area contributed by atoms with Crippen LogP contribution in [0.1, 0.15) is 43.2 Å². The van der Waals surface area contributed by atoms with E-state index in [2.05, 4.69) is 41.3 Å². The van der Waals surface area contributed by atoms with E-state index in [1.54, 1.807) is 0 Å². The number of aromatic amines is 1. The lowest BCUT2D eigenvalue weighted by molar-refractivity contribution is -0.0676. The smallest absolute Gasteiger partial charge is 0.0694 e. The summed E-state index contributed by atoms with van der Waals surface area (Å²) in [5, 5.41) is 12.0. The van der Waals surface area contributed by atoms with Crippen molar-refractivity contribution in [3.8, 4) is 0 Å². The number of H-pyrrole nitrogens is 1. The maximum atomic E-state index is 10.7. The first-order valence-electron chi connectivity index (χ1n) is 9.72. The molecule has 0 saturated carbocycles. The second-order valence-electron chi connectivity index (χ2n) is 8.01. The van der Waals surface area contributed by atoms with Crippen LogP contribution < -0.4 is 0 Å². The lowest BCUT2D eigenvalue weighted by atomic mass is 9.87. The molecule has 4 heteroatoms. The average Bonchev–Trinajstić information content (AvgIpc) is 3.21. The second-order valence-corrected chi connectivity index (χ2v) is 8.01. The van der Waals surface area contributed by atoms with E-state index in [9.17, 15) is 5.11 Å². The predicted octanol–water partition coefficient (Wildman–Crippen LogP) is 3.28. The van der Waals surface area contributed by atoms with Gasteiger partial charge in [-0.1, -0.05) is 6.07 Å². The summed E-state index contributed by atoms with van der Waals surface area (Å²) < 4.78 is 5.38. The van der Waals surface area contributed by atoms with Gasteiger partial charge in [0.25, 0.3) is 0 Å². The van der Waals surface area contributed by atoms with E-state index in [4.69, 9.17) is 4.74 Å². The molecule has 2 fully saturated rings. The van der Waals surface area contributed by atoms with Gasteiger partial charge in [0.15, 0.2) is 0 Å². The summed E-state index contributed by atoms with van der Waals surface area (Å²) >= 11 is 0. The molecule has 0 radical (unpaired) electrons. The number of likely N-dealkylation sites (N-methyl/N-ethyl adjacent to an activating group) is 1. The average molecular weight is 342 g/mol. The zero-order valence-corrected chi connectivity index (χ0v) is 15.3. The summed E-state index contributed by atoms with van der Waals surface area (Å²) in [7, 11) is 2.24. The number of likely N-dealkylation sites (tertiary alicyclic amines) is 1. The van der Waals surface area contributed by atoms with Crippen molar-refractivity contribution < 1.29 is 9.84 Å². The lowest BCUT2D eigenvalue weighted by Gasteiger charge is -2.32. The van der Waals surface area contributed by atoms with Gasteiger partial charge in [0.1, 0.15) is 0 Å². The third kappa shape index (κ3) is 3.76. The number of hydrogen-bond donors (Lipinski definition) is 2. The monoisotopic (exact) mass is 342 g/mol. The highest BCUT2D eigenvalue weighted by atomic mass is 16.5. The van der Waals surface area contributed by atoms with Crippen LogP contribution in [0.5, 0.6) is 0 Å². The highest BCUT2D eigenvalue weighted by molar-refractivity contribution is 5.84. The van der Waals surface area contributed by atoms with Gasteiger partial charge in [-0.15, -0.1) is 0 Å². The molecular weight excluding hydrogens is 312 g/mol. The van der Waals surface area contributed by atoms with Gasteiger partial charge in [0.2, 0.25) is 0 Å². The van der Waals surface area contributed by atoms with Crippen LogP contribution in [0.4, 0.5) is 0 Å². The fraction of sp³-hybridized carbons (Fsp3) is 0.619. The second kappa shape index (κ2) is 7.10. The van der Waals surface area contributed by atoms with Crippen LogP contribution in [0.15, 0.2) is 24.4 Å². The topological polar surface area (TPSA) is 48.5 Å². The molecule has 25 heavy (non-hydrogen) atoms. The van der Waals surface area contributed by atoms with Crippen molar-refractivity contribution in [2.75, 3.05) is 26.8 Å². The number of aromatic nitrogens is 1. The molecule has 1 aromatic heterocycles. The first-order valence-corrected chi connectivity index (χ1v) is 9.72. The summed E-state index contributed by atoms with van der Waals surface area (Å²) in [5.74, 6) is 0. The number of fused-ring (bicyclic) bond motifs is 1. The minimum atomic E-state index is -0.541. The van der Waals surface area contributed by atoms with Gasteiger partial charge in [-0.2, -0.15) is 0 Å². The zero-order valence-electron chi connectivity index (χ0n) is 15.3. The molecule has 4 rings (SSSR count). The molecule has 0 bridgehead atoms. The van der Waals surface area contributed by atoms with E-state index < -0.39 is 5.60 Å². The van der Waals surface area contributed by atoms with Crippen LogP contribution in [-0.2, 0) is 17.6 Å². The van der Waals surface area contributed by atoms with Crippen LogP contribution in [-0.4, -0.2) is 53.4 Å². The summed E-state index contributed by atoms with van der Waals surface area (Å²) in [6.07, 6.45) is 9.22. The predicted molar refractivity (Wildman–Crippen MR) is 101 cm³/mol. The van der Waals surface area contributed by atoms with Crippen molar-refractivity contribution in [1.29, 1.82) is 0 Å². The molecule has 136 valence electrons. The standard InChI is InChI=1S/C21H30N2O2/c1-23-10-2-3-18(23)14-17-15-22-20-5-4-16(13-19(17)20)6-7-21(24)8-11-25-12-9-21/h4-5,13,15,18,22,24H,2-3,6-12,14H2,1H3/t18-/m1/s1. The molecule has 0 unspecified atom stereocenters. The molecule has 1 aromatic carbocycles. The minimum Gasteiger partial charge on any atom is -0.390 e. The number of rotatable bonds is 5. The van der Waals surface area contributed by atoms with Crippen molar-refractivity contribution in [3.63, 3.8) is 0 Å². The summed E-state index contributed by atoms with van der Waals surface area (Å²) in [4.78, 5) is 5.92. The van der Waals surface area contributed by atoms with E-state index in [1.807, 2.05) is 0 Å². The van der Waals surface area contributed by atoms with Gasteiger partial charge in [-0.3, -0.25) is 0 Å². The zero-order chi connectivity index (χ0) is 17.3. The van der Waals surface area contributed by atoms with Crippen LogP contribution in [0.25, 0.3) is 10.9 Å². The van der Waals surface area contributed by atoms with Crippen LogP contribution in [0.2, 0.25) is 0 Å². The van der Waals surface area contributed by atoms with Gasteiger partial charge < -0.3 is 19.7 Å². The Bertz CT molecular complexity index is 718. The largest absolute Gasteiger partial charge is 0.390 e. The highest BCUT2D eigenvalue weighted by Gasteiger charge is 2.29. The van der Waals surface area contributed by atoms with Gasteiger partial charge in [0.05, 0.1) is 5.60 Å². The molecule has 0 spiro atoms. The number of ether oxygens (including phenoxy) is 1. The molecule has 4 nitrogen and oxygen atoms in total. The third-order valence-corrected chi connectivity index (χ3v) is 6.26. The Balaban J connectivity index is 1.48. The summed E-state index contributed by atoms with van der Waals surface area (Å²) in [6, 6.07) is 7.40. The first-order chi connectivity index (χ1) is 12.1. The maximum Gasteiger partial charge on any atom is 0.0694 e. The molecule has 3 heterocycles. The van der Waals surface area contributed by atoms with Gasteiger partial charge in [-0.05, 0) is 81.8 Å². The summed E-state index contributed by atoms with van der Waals surface area (Å²) in [6.45, 7) is 2.60. The van der Waals surface area contributed by atoms with Crippen molar-refractivity contribution >= 4 is 10.9 Å². The highest BCUT2D eigenvalue weighted by Crippen LogP contribution is 2.29.